The zero-order valence-electron chi connectivity index (χ0n) is 12.3. The number of hydrogen-bond acceptors (Lipinski definition) is 5. The van der Waals surface area contributed by atoms with Crippen LogP contribution in [0.15, 0.2) is 30.3 Å². The average molecular weight is 283 g/mol. The first kappa shape index (κ1) is 13.4. The molecule has 0 aliphatic rings. The minimum absolute atomic E-state index is 0.516. The maximum absolute atomic E-state index is 5.31. The van der Waals surface area contributed by atoms with E-state index >= 15 is 0 Å². The molecular formula is C15H17N5O. The van der Waals surface area contributed by atoms with Crippen LogP contribution in [0.1, 0.15) is 17.2 Å². The highest BCUT2D eigenvalue weighted by molar-refractivity contribution is 5.56. The summed E-state index contributed by atoms with van der Waals surface area (Å²) < 4.78 is 7.06. The van der Waals surface area contributed by atoms with Crippen LogP contribution >= 0.6 is 0 Å². The van der Waals surface area contributed by atoms with Crippen LogP contribution in [0, 0.1) is 13.8 Å². The molecule has 0 saturated heterocycles. The number of anilines is 1. The third-order valence-electron chi connectivity index (χ3n) is 3.21. The van der Waals surface area contributed by atoms with Gasteiger partial charge in [-0.25, -0.2) is 9.50 Å². The highest BCUT2D eigenvalue weighted by atomic mass is 16.5. The normalized spacial score (nSPS) is 10.8. The van der Waals surface area contributed by atoms with Gasteiger partial charge in [0.25, 0.3) is 5.78 Å². The Bertz CT molecular complexity index is 781. The van der Waals surface area contributed by atoms with E-state index in [1.165, 1.54) is 0 Å². The van der Waals surface area contributed by atoms with Crippen LogP contribution < -0.4 is 10.1 Å². The monoisotopic (exact) mass is 283 g/mol. The zero-order chi connectivity index (χ0) is 14.8. The van der Waals surface area contributed by atoms with Gasteiger partial charge in [0.05, 0.1) is 19.3 Å². The molecule has 1 N–H and O–H groups in total. The van der Waals surface area contributed by atoms with E-state index in [-0.39, 0.29) is 0 Å². The summed E-state index contributed by atoms with van der Waals surface area (Å²) in [6.45, 7) is 4.46. The number of hydrogen-bond donors (Lipinski definition) is 1. The lowest BCUT2D eigenvalue weighted by Gasteiger charge is -2.08. The molecule has 21 heavy (non-hydrogen) atoms. The molecule has 2 heterocycles. The fourth-order valence-corrected chi connectivity index (χ4v) is 2.25. The Morgan fingerprint density at radius 1 is 1.19 bits per heavy atom. The van der Waals surface area contributed by atoms with Crippen LogP contribution in [0.2, 0.25) is 0 Å². The van der Waals surface area contributed by atoms with E-state index in [1.807, 2.05) is 44.2 Å². The summed E-state index contributed by atoms with van der Waals surface area (Å²) in [5, 5.41) is 7.75. The topological polar surface area (TPSA) is 64.3 Å². The fourth-order valence-electron chi connectivity index (χ4n) is 2.25. The first-order valence-corrected chi connectivity index (χ1v) is 6.74. The molecule has 0 amide bonds. The molecule has 0 radical (unpaired) electrons. The number of aryl methyl sites for hydroxylation is 2. The van der Waals surface area contributed by atoms with E-state index in [2.05, 4.69) is 20.4 Å². The van der Waals surface area contributed by atoms with Crippen molar-refractivity contribution in [2.75, 3.05) is 12.4 Å². The summed E-state index contributed by atoms with van der Waals surface area (Å²) in [6, 6.07) is 9.75. The van der Waals surface area contributed by atoms with Gasteiger partial charge in [0.2, 0.25) is 0 Å². The fraction of sp³-hybridized carbons (Fsp3) is 0.267. The number of ether oxygens (including phenoxy) is 1. The largest absolute Gasteiger partial charge is 0.495 e. The van der Waals surface area contributed by atoms with Gasteiger partial charge < -0.3 is 10.1 Å². The van der Waals surface area contributed by atoms with Gasteiger partial charge in [-0.1, -0.05) is 12.1 Å². The number of benzene rings is 1. The molecule has 0 fully saturated rings. The van der Waals surface area contributed by atoms with E-state index < -0.39 is 0 Å². The Balaban J connectivity index is 1.84. The van der Waals surface area contributed by atoms with Crippen molar-refractivity contribution in [2.24, 2.45) is 0 Å². The van der Waals surface area contributed by atoms with Crippen molar-refractivity contribution in [3.63, 3.8) is 0 Å². The Labute approximate surface area is 122 Å². The highest BCUT2D eigenvalue weighted by Crippen LogP contribution is 2.23. The predicted octanol–water partition coefficient (Wildman–Crippen LogP) is 2.36. The average Bonchev–Trinajstić information content (AvgIpc) is 2.88. The van der Waals surface area contributed by atoms with Crippen molar-refractivity contribution in [3.05, 3.63) is 47.5 Å². The SMILES string of the molecule is COc1ccccc1NCc1nc2nc(C)cc(C)n2n1. The van der Waals surface area contributed by atoms with Crippen LogP contribution in [0.25, 0.3) is 5.78 Å². The molecule has 0 atom stereocenters. The Kier molecular flexibility index (Phi) is 3.43. The molecular weight excluding hydrogens is 266 g/mol. The molecule has 0 unspecified atom stereocenters. The van der Waals surface area contributed by atoms with Gasteiger partial charge in [-0.2, -0.15) is 4.98 Å². The number of nitrogens with zero attached hydrogens (tertiary/aromatic N) is 4. The Morgan fingerprint density at radius 3 is 2.81 bits per heavy atom. The van der Waals surface area contributed by atoms with Gasteiger partial charge in [0, 0.05) is 11.4 Å². The molecule has 3 rings (SSSR count). The van der Waals surface area contributed by atoms with E-state index in [1.54, 1.807) is 11.6 Å². The molecule has 0 spiro atoms. The highest BCUT2D eigenvalue weighted by Gasteiger charge is 2.08. The number of para-hydroxylation sites is 2. The van der Waals surface area contributed by atoms with E-state index in [9.17, 15) is 0 Å². The maximum Gasteiger partial charge on any atom is 0.252 e. The Morgan fingerprint density at radius 2 is 2.00 bits per heavy atom. The van der Waals surface area contributed by atoms with Gasteiger partial charge in [-0.05, 0) is 32.0 Å². The molecule has 6 nitrogen and oxygen atoms in total. The lowest BCUT2D eigenvalue weighted by atomic mass is 10.3. The molecule has 0 aliphatic heterocycles. The van der Waals surface area contributed by atoms with Gasteiger partial charge in [0.15, 0.2) is 5.82 Å². The smallest absolute Gasteiger partial charge is 0.252 e. The molecule has 0 saturated carbocycles. The molecule has 1 aromatic carbocycles. The second kappa shape index (κ2) is 5.40. The minimum Gasteiger partial charge on any atom is -0.495 e. The summed E-state index contributed by atoms with van der Waals surface area (Å²) in [7, 11) is 1.65. The third-order valence-corrected chi connectivity index (χ3v) is 3.21. The Hall–Kier alpha value is -2.63. The number of fused-ring (bicyclic) bond motifs is 1. The lowest BCUT2D eigenvalue weighted by Crippen LogP contribution is -2.03. The quantitative estimate of drug-likeness (QED) is 0.796. The maximum atomic E-state index is 5.31. The van der Waals surface area contributed by atoms with E-state index in [0.29, 0.717) is 18.1 Å². The molecule has 108 valence electrons. The van der Waals surface area contributed by atoms with Crippen molar-refractivity contribution in [1.29, 1.82) is 0 Å². The second-order valence-corrected chi connectivity index (χ2v) is 4.83. The van der Waals surface area contributed by atoms with Crippen molar-refractivity contribution in [2.45, 2.75) is 20.4 Å². The summed E-state index contributed by atoms with van der Waals surface area (Å²) >= 11 is 0. The summed E-state index contributed by atoms with van der Waals surface area (Å²) in [6.07, 6.45) is 0. The van der Waals surface area contributed by atoms with E-state index in [0.717, 1.165) is 22.8 Å². The lowest BCUT2D eigenvalue weighted by molar-refractivity contribution is 0.416. The van der Waals surface area contributed by atoms with Gasteiger partial charge in [0.1, 0.15) is 5.75 Å². The number of nitrogens with one attached hydrogen (secondary N) is 1. The number of rotatable bonds is 4. The molecule has 2 aromatic heterocycles. The van der Waals surface area contributed by atoms with Crippen LogP contribution in [0.5, 0.6) is 5.75 Å². The summed E-state index contributed by atoms with van der Waals surface area (Å²) in [4.78, 5) is 8.83. The zero-order valence-corrected chi connectivity index (χ0v) is 12.3. The van der Waals surface area contributed by atoms with Crippen LogP contribution in [-0.4, -0.2) is 26.7 Å². The van der Waals surface area contributed by atoms with Crippen molar-refractivity contribution in [3.8, 4) is 5.75 Å². The van der Waals surface area contributed by atoms with Crippen molar-refractivity contribution in [1.82, 2.24) is 19.6 Å². The van der Waals surface area contributed by atoms with E-state index in [4.69, 9.17) is 4.74 Å². The molecule has 0 aliphatic carbocycles. The van der Waals surface area contributed by atoms with Gasteiger partial charge in [-0.15, -0.1) is 5.10 Å². The van der Waals surface area contributed by atoms with Crippen LogP contribution in [0.3, 0.4) is 0 Å². The second-order valence-electron chi connectivity index (χ2n) is 4.83. The number of methoxy groups -OCH3 is 1. The predicted molar refractivity (Wildman–Crippen MR) is 80.6 cm³/mol. The summed E-state index contributed by atoms with van der Waals surface area (Å²) in [5.74, 6) is 2.12. The minimum atomic E-state index is 0.516. The molecule has 3 aromatic rings. The van der Waals surface area contributed by atoms with Gasteiger partial charge >= 0.3 is 0 Å². The van der Waals surface area contributed by atoms with Crippen LogP contribution in [-0.2, 0) is 6.54 Å². The molecule has 6 heteroatoms. The third kappa shape index (κ3) is 2.65. The standard InChI is InChI=1S/C15H17N5O/c1-10-8-11(2)20-15(17-10)18-14(19-20)9-16-12-6-4-5-7-13(12)21-3/h4-8,16H,9H2,1-3H3. The first-order chi connectivity index (χ1) is 10.2. The molecule has 0 bridgehead atoms. The van der Waals surface area contributed by atoms with Crippen molar-refractivity contribution >= 4 is 11.5 Å². The first-order valence-electron chi connectivity index (χ1n) is 6.74. The van der Waals surface area contributed by atoms with Crippen molar-refractivity contribution < 1.29 is 4.74 Å². The summed E-state index contributed by atoms with van der Waals surface area (Å²) in [5.41, 5.74) is 2.88. The van der Waals surface area contributed by atoms with Crippen LogP contribution in [0.4, 0.5) is 5.69 Å². The number of aromatic nitrogens is 4. The van der Waals surface area contributed by atoms with Gasteiger partial charge in [-0.3, -0.25) is 0 Å².